The van der Waals surface area contributed by atoms with E-state index in [1.54, 1.807) is 30.4 Å². The third kappa shape index (κ3) is 11.5. The molecule has 0 saturated heterocycles. The maximum absolute atomic E-state index is 11.0. The zero-order valence-electron chi connectivity index (χ0n) is 15.5. The maximum Gasteiger partial charge on any atom is 0.305 e. The molecule has 2 atom stereocenters. The highest BCUT2D eigenvalue weighted by atomic mass is 16.5. The van der Waals surface area contributed by atoms with Crippen LogP contribution in [0.4, 0.5) is 0 Å². The van der Waals surface area contributed by atoms with Crippen LogP contribution in [0.15, 0.2) is 48.6 Å². The van der Waals surface area contributed by atoms with Crippen molar-refractivity contribution in [2.24, 2.45) is 0 Å². The quantitative estimate of drug-likeness (QED) is 0.371. The van der Waals surface area contributed by atoms with E-state index in [-0.39, 0.29) is 12.4 Å². The van der Waals surface area contributed by atoms with Crippen LogP contribution in [0.1, 0.15) is 46.0 Å². The monoisotopic (exact) mass is 352 g/mol. The zero-order chi connectivity index (χ0) is 19.1. The molecule has 0 aromatic rings. The summed E-state index contributed by atoms with van der Waals surface area (Å²) < 4.78 is 4.51. The predicted molar refractivity (Wildman–Crippen MR) is 100.0 cm³/mol. The molecule has 0 bridgehead atoms. The van der Waals surface area contributed by atoms with Crippen LogP contribution in [-0.4, -0.2) is 46.2 Å². The molecular formula is C20H32O5. The SMILES string of the molecule is CCC(O)(/C=C/C=C\C=C\C=C\[C@@H](O)[C@@H](O)CCCC(=O)OC)CC. The molecule has 5 nitrogen and oxygen atoms in total. The van der Waals surface area contributed by atoms with Crippen molar-refractivity contribution in [3.63, 3.8) is 0 Å². The van der Waals surface area contributed by atoms with Gasteiger partial charge in [0.2, 0.25) is 0 Å². The van der Waals surface area contributed by atoms with E-state index in [1.807, 2.05) is 26.0 Å². The standard InChI is InChI=1S/C20H32O5/c1-4-20(24,5-2)16-11-9-7-6-8-10-13-17(21)18(22)14-12-15-19(23)25-3/h6-11,13,16-18,21-22,24H,4-5,12,14-15H2,1-3H3/b8-6+,9-7-,13-10+,16-11+/t17-,18+/m1/s1. The van der Waals surface area contributed by atoms with Gasteiger partial charge in [-0.1, -0.05) is 62.5 Å². The lowest BCUT2D eigenvalue weighted by Crippen LogP contribution is -2.23. The second-order valence-corrected chi connectivity index (χ2v) is 5.85. The summed E-state index contributed by atoms with van der Waals surface area (Å²) in [5.74, 6) is -0.322. The van der Waals surface area contributed by atoms with Crippen LogP contribution in [0.5, 0.6) is 0 Å². The second kappa shape index (κ2) is 13.6. The van der Waals surface area contributed by atoms with Gasteiger partial charge in [-0.3, -0.25) is 4.79 Å². The Kier molecular flexibility index (Phi) is 12.7. The number of esters is 1. The highest BCUT2D eigenvalue weighted by Crippen LogP contribution is 2.15. The smallest absolute Gasteiger partial charge is 0.305 e. The summed E-state index contributed by atoms with van der Waals surface area (Å²) in [6.07, 6.45) is 14.4. The molecule has 0 rings (SSSR count). The number of aliphatic hydroxyl groups is 3. The van der Waals surface area contributed by atoms with Crippen LogP contribution in [0.25, 0.3) is 0 Å². The number of carbonyl (C=O) groups is 1. The van der Waals surface area contributed by atoms with Crippen molar-refractivity contribution >= 4 is 5.97 Å². The number of ether oxygens (including phenoxy) is 1. The Labute approximate surface area is 151 Å². The van der Waals surface area contributed by atoms with E-state index in [1.165, 1.54) is 13.2 Å². The van der Waals surface area contributed by atoms with Crippen LogP contribution in [0.3, 0.4) is 0 Å². The molecule has 0 radical (unpaired) electrons. The highest BCUT2D eigenvalue weighted by molar-refractivity contribution is 5.68. The van der Waals surface area contributed by atoms with E-state index in [0.717, 1.165) is 0 Å². The normalized spacial score (nSPS) is 15.6. The van der Waals surface area contributed by atoms with Crippen LogP contribution in [0, 0.1) is 0 Å². The fourth-order valence-electron chi connectivity index (χ4n) is 2.01. The second-order valence-electron chi connectivity index (χ2n) is 5.85. The number of carbonyl (C=O) groups excluding carboxylic acids is 1. The molecule has 0 aliphatic rings. The predicted octanol–water partition coefficient (Wildman–Crippen LogP) is 2.83. The molecule has 142 valence electrons. The summed E-state index contributed by atoms with van der Waals surface area (Å²) >= 11 is 0. The summed E-state index contributed by atoms with van der Waals surface area (Å²) in [4.78, 5) is 11.0. The number of hydrogen-bond donors (Lipinski definition) is 3. The zero-order valence-corrected chi connectivity index (χ0v) is 15.5. The van der Waals surface area contributed by atoms with Gasteiger partial charge >= 0.3 is 5.97 Å². The molecular weight excluding hydrogens is 320 g/mol. The summed E-state index contributed by atoms with van der Waals surface area (Å²) in [5.41, 5.74) is -0.748. The van der Waals surface area contributed by atoms with Crippen molar-refractivity contribution in [1.82, 2.24) is 0 Å². The Morgan fingerprint density at radius 2 is 1.60 bits per heavy atom. The number of hydrogen-bond acceptors (Lipinski definition) is 5. The molecule has 0 saturated carbocycles. The van der Waals surface area contributed by atoms with Gasteiger partial charge in [-0.05, 0) is 25.7 Å². The Morgan fingerprint density at radius 3 is 2.16 bits per heavy atom. The first kappa shape index (κ1) is 23.3. The molecule has 0 unspecified atom stereocenters. The van der Waals surface area contributed by atoms with Gasteiger partial charge in [0.15, 0.2) is 0 Å². The van der Waals surface area contributed by atoms with Crippen molar-refractivity contribution in [1.29, 1.82) is 0 Å². The summed E-state index contributed by atoms with van der Waals surface area (Å²) in [7, 11) is 1.32. The van der Waals surface area contributed by atoms with Gasteiger partial charge in [-0.25, -0.2) is 0 Å². The molecule has 5 heteroatoms. The molecule has 0 spiro atoms. The third-order valence-electron chi connectivity index (χ3n) is 4.00. The average Bonchev–Trinajstić information content (AvgIpc) is 2.62. The fraction of sp³-hybridized carbons (Fsp3) is 0.550. The van der Waals surface area contributed by atoms with E-state index >= 15 is 0 Å². The minimum Gasteiger partial charge on any atom is -0.469 e. The number of allylic oxidation sites excluding steroid dienone is 6. The van der Waals surface area contributed by atoms with Crippen molar-refractivity contribution < 1.29 is 24.9 Å². The van der Waals surface area contributed by atoms with E-state index in [4.69, 9.17) is 0 Å². The molecule has 0 aliphatic heterocycles. The van der Waals surface area contributed by atoms with Gasteiger partial charge in [0.05, 0.1) is 24.9 Å². The van der Waals surface area contributed by atoms with Gasteiger partial charge in [0.1, 0.15) is 0 Å². The molecule has 0 aromatic carbocycles. The Morgan fingerprint density at radius 1 is 1.04 bits per heavy atom. The lowest BCUT2D eigenvalue weighted by Gasteiger charge is -2.19. The molecule has 25 heavy (non-hydrogen) atoms. The van der Waals surface area contributed by atoms with E-state index in [2.05, 4.69) is 4.74 Å². The Hall–Kier alpha value is -1.69. The summed E-state index contributed by atoms with van der Waals surface area (Å²) in [6.45, 7) is 3.88. The topological polar surface area (TPSA) is 87.0 Å². The average molecular weight is 352 g/mol. The van der Waals surface area contributed by atoms with Gasteiger partial charge in [-0.2, -0.15) is 0 Å². The first-order chi connectivity index (χ1) is 11.9. The molecule has 0 aromatic heterocycles. The number of methoxy groups -OCH3 is 1. The Bertz CT molecular complexity index is 472. The van der Waals surface area contributed by atoms with E-state index < -0.39 is 17.8 Å². The Balaban J connectivity index is 4.16. The minimum atomic E-state index is -0.977. The van der Waals surface area contributed by atoms with Crippen LogP contribution in [0.2, 0.25) is 0 Å². The van der Waals surface area contributed by atoms with Crippen molar-refractivity contribution in [3.05, 3.63) is 48.6 Å². The summed E-state index contributed by atoms with van der Waals surface area (Å²) in [6, 6.07) is 0. The van der Waals surface area contributed by atoms with Crippen LogP contribution in [-0.2, 0) is 9.53 Å². The molecule has 0 amide bonds. The largest absolute Gasteiger partial charge is 0.469 e. The highest BCUT2D eigenvalue weighted by Gasteiger charge is 2.16. The molecule has 0 heterocycles. The van der Waals surface area contributed by atoms with Crippen molar-refractivity contribution in [3.8, 4) is 0 Å². The van der Waals surface area contributed by atoms with Crippen LogP contribution < -0.4 is 0 Å². The fourth-order valence-corrected chi connectivity index (χ4v) is 2.01. The lowest BCUT2D eigenvalue weighted by atomic mass is 9.97. The first-order valence-electron chi connectivity index (χ1n) is 8.73. The minimum absolute atomic E-state index is 0.230. The van der Waals surface area contributed by atoms with Crippen molar-refractivity contribution in [2.75, 3.05) is 7.11 Å². The van der Waals surface area contributed by atoms with E-state index in [9.17, 15) is 20.1 Å². The van der Waals surface area contributed by atoms with Gasteiger partial charge in [0.25, 0.3) is 0 Å². The number of rotatable bonds is 12. The first-order valence-corrected chi connectivity index (χ1v) is 8.73. The molecule has 0 aliphatic carbocycles. The maximum atomic E-state index is 11.0. The van der Waals surface area contributed by atoms with Gasteiger partial charge in [0, 0.05) is 6.42 Å². The lowest BCUT2D eigenvalue weighted by molar-refractivity contribution is -0.140. The molecule has 0 fully saturated rings. The van der Waals surface area contributed by atoms with E-state index in [0.29, 0.717) is 25.7 Å². The molecule has 3 N–H and O–H groups in total. The third-order valence-corrected chi connectivity index (χ3v) is 4.00. The van der Waals surface area contributed by atoms with Gasteiger partial charge < -0.3 is 20.1 Å². The van der Waals surface area contributed by atoms with Gasteiger partial charge in [-0.15, -0.1) is 0 Å². The summed E-state index contributed by atoms with van der Waals surface area (Å²) in [5, 5.41) is 29.6. The van der Waals surface area contributed by atoms with Crippen LogP contribution >= 0.6 is 0 Å². The number of aliphatic hydroxyl groups excluding tert-OH is 2. The van der Waals surface area contributed by atoms with Crippen molar-refractivity contribution in [2.45, 2.75) is 63.8 Å².